The normalized spacial score (nSPS) is 14.3. The molecule has 2 aromatic carbocycles. The molecular weight excluding hydrogens is 563 g/mol. The number of likely N-dealkylation sites (tertiary alicyclic amines) is 1. The third-order valence-electron chi connectivity index (χ3n) is 8.16. The highest BCUT2D eigenvalue weighted by Gasteiger charge is 2.35. The molecule has 236 valence electrons. The zero-order valence-electron chi connectivity index (χ0n) is 26.2. The van der Waals surface area contributed by atoms with Gasteiger partial charge in [-0.15, -0.1) is 0 Å². The average Bonchev–Trinajstić information content (AvgIpc) is 3.64. The van der Waals surface area contributed by atoms with Gasteiger partial charge in [0.05, 0.1) is 24.4 Å². The van der Waals surface area contributed by atoms with Gasteiger partial charge >= 0.3 is 0 Å². The van der Waals surface area contributed by atoms with E-state index >= 15 is 4.39 Å². The third-order valence-corrected chi connectivity index (χ3v) is 8.16. The molecular formula is C33H43FN6O4. The summed E-state index contributed by atoms with van der Waals surface area (Å²) in [5, 5.41) is 13.5. The number of carbonyl (C=O) groups is 1. The van der Waals surface area contributed by atoms with E-state index in [1.54, 1.807) is 31.5 Å². The Morgan fingerprint density at radius 2 is 1.82 bits per heavy atom. The zero-order valence-corrected chi connectivity index (χ0v) is 26.2. The van der Waals surface area contributed by atoms with E-state index in [2.05, 4.69) is 25.2 Å². The molecule has 1 fully saturated rings. The van der Waals surface area contributed by atoms with Gasteiger partial charge in [-0.25, -0.2) is 19.8 Å². The van der Waals surface area contributed by atoms with E-state index in [1.165, 1.54) is 19.2 Å². The maximum atomic E-state index is 15.4. The molecule has 0 radical (unpaired) electrons. The summed E-state index contributed by atoms with van der Waals surface area (Å²) in [7, 11) is 0. The highest BCUT2D eigenvalue weighted by atomic mass is 19.1. The number of nitrogens with zero attached hydrogens (tertiary/aromatic N) is 3. The number of nitrogens with one attached hydrogen (secondary N) is 3. The second kappa shape index (κ2) is 13.0. The number of rotatable bonds is 13. The standard InChI is InChI=1S/C33H43FN6O4/c1-21-15-22-24(37-21)9-10-25(29(22)34)38-30-23-16-27(44-19-32(2,3)18-33(4,5)31(41)39-42)28(17-26(23)35-20-36-30)43-14-8-13-40-11-6-7-12-40/h9-10,15-17,20,37,42H,6-8,11-14,18-19H2,1-5H3,(H,39,41)(H,35,36,38). The van der Waals surface area contributed by atoms with E-state index in [-0.39, 0.29) is 12.4 Å². The van der Waals surface area contributed by atoms with Gasteiger partial charge in [-0.1, -0.05) is 27.7 Å². The van der Waals surface area contributed by atoms with Crippen LogP contribution in [-0.4, -0.2) is 63.8 Å². The molecule has 1 aliphatic rings. The van der Waals surface area contributed by atoms with Crippen LogP contribution in [0.2, 0.25) is 0 Å². The summed E-state index contributed by atoms with van der Waals surface area (Å²) in [5.41, 5.74) is 3.05. The summed E-state index contributed by atoms with van der Waals surface area (Å²) >= 11 is 0. The number of benzene rings is 2. The molecule has 2 aromatic heterocycles. The monoisotopic (exact) mass is 606 g/mol. The average molecular weight is 607 g/mol. The number of halogens is 1. The molecule has 0 unspecified atom stereocenters. The van der Waals surface area contributed by atoms with Crippen molar-refractivity contribution in [1.82, 2.24) is 25.3 Å². The van der Waals surface area contributed by atoms with Crippen molar-refractivity contribution in [2.24, 2.45) is 10.8 Å². The van der Waals surface area contributed by atoms with Crippen molar-refractivity contribution in [2.75, 3.05) is 38.2 Å². The van der Waals surface area contributed by atoms with E-state index in [4.69, 9.17) is 9.47 Å². The molecule has 1 saturated heterocycles. The number of carbonyl (C=O) groups excluding carboxylic acids is 1. The van der Waals surface area contributed by atoms with Crippen molar-refractivity contribution in [3.63, 3.8) is 0 Å². The summed E-state index contributed by atoms with van der Waals surface area (Å²) in [6, 6.07) is 8.95. The minimum atomic E-state index is -0.811. The summed E-state index contributed by atoms with van der Waals surface area (Å²) in [5.74, 6) is 0.676. The van der Waals surface area contributed by atoms with E-state index in [9.17, 15) is 10.0 Å². The Morgan fingerprint density at radius 3 is 2.57 bits per heavy atom. The number of hydroxylamine groups is 1. The number of anilines is 2. The van der Waals surface area contributed by atoms with E-state index < -0.39 is 16.7 Å². The van der Waals surface area contributed by atoms with Crippen LogP contribution in [0.5, 0.6) is 11.5 Å². The number of hydrogen-bond acceptors (Lipinski definition) is 8. The lowest BCUT2D eigenvalue weighted by molar-refractivity contribution is -0.140. The van der Waals surface area contributed by atoms with Gasteiger partial charge in [-0.05, 0) is 75.4 Å². The van der Waals surface area contributed by atoms with Gasteiger partial charge in [-0.3, -0.25) is 10.0 Å². The van der Waals surface area contributed by atoms with Crippen LogP contribution in [0.15, 0.2) is 36.7 Å². The number of aromatic amines is 1. The first kappa shape index (κ1) is 31.5. The Hall–Kier alpha value is -3.96. The molecule has 4 aromatic rings. The highest BCUT2D eigenvalue weighted by Crippen LogP contribution is 2.39. The topological polar surface area (TPSA) is 125 Å². The number of hydrogen-bond donors (Lipinski definition) is 4. The van der Waals surface area contributed by atoms with Crippen LogP contribution in [0, 0.1) is 23.6 Å². The first-order valence-electron chi connectivity index (χ1n) is 15.2. The zero-order chi connectivity index (χ0) is 31.5. The fourth-order valence-corrected chi connectivity index (χ4v) is 6.15. The Morgan fingerprint density at radius 1 is 1.07 bits per heavy atom. The molecule has 10 nitrogen and oxygen atoms in total. The molecule has 0 atom stereocenters. The molecule has 11 heteroatoms. The van der Waals surface area contributed by atoms with Crippen molar-refractivity contribution >= 4 is 39.2 Å². The van der Waals surface area contributed by atoms with E-state index in [0.717, 1.165) is 37.3 Å². The van der Waals surface area contributed by atoms with Gasteiger partial charge < -0.3 is 24.7 Å². The van der Waals surface area contributed by atoms with Gasteiger partial charge in [0.25, 0.3) is 0 Å². The minimum absolute atomic E-state index is 0.277. The summed E-state index contributed by atoms with van der Waals surface area (Å²) in [6.07, 6.45) is 5.27. The molecule has 3 heterocycles. The van der Waals surface area contributed by atoms with E-state index in [1.807, 2.05) is 39.0 Å². The quantitative estimate of drug-likeness (QED) is 0.0773. The van der Waals surface area contributed by atoms with Crippen molar-refractivity contribution in [3.05, 3.63) is 48.2 Å². The Labute approximate surface area is 257 Å². The summed E-state index contributed by atoms with van der Waals surface area (Å²) in [4.78, 5) is 26.8. The third kappa shape index (κ3) is 7.22. The van der Waals surface area contributed by atoms with Gasteiger partial charge in [0.15, 0.2) is 17.3 Å². The fraction of sp³-hybridized carbons (Fsp3) is 0.485. The lowest BCUT2D eigenvalue weighted by Gasteiger charge is -2.33. The molecule has 1 aliphatic heterocycles. The molecule has 44 heavy (non-hydrogen) atoms. The Kier molecular flexibility index (Phi) is 9.26. The van der Waals surface area contributed by atoms with Gasteiger partial charge in [0.1, 0.15) is 12.1 Å². The van der Waals surface area contributed by atoms with Crippen LogP contribution >= 0.6 is 0 Å². The molecule has 0 aliphatic carbocycles. The van der Waals surface area contributed by atoms with Crippen molar-refractivity contribution in [2.45, 2.75) is 60.3 Å². The molecule has 0 saturated carbocycles. The number of H-pyrrole nitrogens is 1. The van der Waals surface area contributed by atoms with Crippen LogP contribution in [-0.2, 0) is 4.79 Å². The summed E-state index contributed by atoms with van der Waals surface area (Å²) in [6.45, 7) is 13.5. The Balaban J connectivity index is 1.42. The van der Waals surface area contributed by atoms with E-state index in [0.29, 0.717) is 52.3 Å². The van der Waals surface area contributed by atoms with Crippen molar-refractivity contribution in [3.8, 4) is 11.5 Å². The van der Waals surface area contributed by atoms with Gasteiger partial charge in [-0.2, -0.15) is 0 Å². The maximum Gasteiger partial charge on any atom is 0.249 e. The SMILES string of the molecule is Cc1cc2c(F)c(Nc3ncnc4cc(OCCCN5CCCC5)c(OCC(C)(C)CC(C)(C)C(=O)NO)cc34)ccc2[nH]1. The lowest BCUT2D eigenvalue weighted by atomic mass is 9.75. The van der Waals surface area contributed by atoms with Gasteiger partial charge in [0, 0.05) is 40.0 Å². The van der Waals surface area contributed by atoms with Gasteiger partial charge in [0.2, 0.25) is 5.91 Å². The predicted molar refractivity (Wildman–Crippen MR) is 169 cm³/mol. The molecule has 0 spiro atoms. The lowest BCUT2D eigenvalue weighted by Crippen LogP contribution is -2.39. The smallest absolute Gasteiger partial charge is 0.249 e. The largest absolute Gasteiger partial charge is 0.490 e. The number of ether oxygens (including phenoxy) is 2. The Bertz CT molecular complexity index is 1630. The van der Waals surface area contributed by atoms with Crippen LogP contribution in [0.3, 0.4) is 0 Å². The molecule has 1 amide bonds. The number of aromatic nitrogens is 3. The highest BCUT2D eigenvalue weighted by molar-refractivity contribution is 5.94. The van der Waals surface area contributed by atoms with Crippen molar-refractivity contribution < 1.29 is 23.9 Å². The summed E-state index contributed by atoms with van der Waals surface area (Å²) < 4.78 is 28.1. The molecule has 5 rings (SSSR count). The van der Waals surface area contributed by atoms with Crippen LogP contribution in [0.25, 0.3) is 21.8 Å². The molecule has 4 N–H and O–H groups in total. The van der Waals surface area contributed by atoms with Crippen LogP contribution in [0.4, 0.5) is 15.9 Å². The first-order valence-corrected chi connectivity index (χ1v) is 15.2. The second-order valence-electron chi connectivity index (χ2n) is 13.2. The fourth-order valence-electron chi connectivity index (χ4n) is 6.15. The first-order chi connectivity index (χ1) is 21.0. The van der Waals surface area contributed by atoms with Crippen LogP contribution in [0.1, 0.15) is 59.1 Å². The van der Waals surface area contributed by atoms with Crippen LogP contribution < -0.4 is 20.3 Å². The molecule has 0 bridgehead atoms. The predicted octanol–water partition coefficient (Wildman–Crippen LogP) is 6.49. The number of fused-ring (bicyclic) bond motifs is 2. The number of aryl methyl sites for hydroxylation is 1. The van der Waals surface area contributed by atoms with Crippen molar-refractivity contribution in [1.29, 1.82) is 0 Å². The number of amides is 1. The maximum absolute atomic E-state index is 15.4. The minimum Gasteiger partial charge on any atom is -0.490 e. The second-order valence-corrected chi connectivity index (χ2v) is 13.2.